The van der Waals surface area contributed by atoms with E-state index in [0.717, 1.165) is 24.8 Å². The van der Waals surface area contributed by atoms with Crippen LogP contribution in [0.5, 0.6) is 0 Å². The second kappa shape index (κ2) is 8.35. The zero-order valence-corrected chi connectivity index (χ0v) is 11.7. The summed E-state index contributed by atoms with van der Waals surface area (Å²) in [4.78, 5) is 11.3. The van der Waals surface area contributed by atoms with Gasteiger partial charge in [0.1, 0.15) is 0 Å². The minimum absolute atomic E-state index is 0.0580. The van der Waals surface area contributed by atoms with Gasteiger partial charge in [-0.25, -0.2) is 0 Å². The van der Waals surface area contributed by atoms with Crippen molar-refractivity contribution in [2.45, 2.75) is 25.7 Å². The van der Waals surface area contributed by atoms with Crippen LogP contribution in [0.2, 0.25) is 10.0 Å². The van der Waals surface area contributed by atoms with Crippen LogP contribution in [0, 0.1) is 0 Å². The van der Waals surface area contributed by atoms with Crippen LogP contribution in [0.15, 0.2) is 18.2 Å². The molecule has 1 aromatic rings. The average Bonchev–Trinajstić information content (AvgIpc) is 2.34. The first-order chi connectivity index (χ1) is 8.63. The summed E-state index contributed by atoms with van der Waals surface area (Å²) in [5.74, 6) is 0.0580. The van der Waals surface area contributed by atoms with Gasteiger partial charge in [-0.2, -0.15) is 0 Å². The van der Waals surface area contributed by atoms with E-state index >= 15 is 0 Å². The fourth-order valence-electron chi connectivity index (χ4n) is 1.58. The molecule has 0 radical (unpaired) electrons. The Bertz CT molecular complexity index is 397. The number of benzene rings is 1. The second-order valence-corrected chi connectivity index (χ2v) is 4.93. The van der Waals surface area contributed by atoms with E-state index in [-0.39, 0.29) is 5.91 Å². The van der Waals surface area contributed by atoms with Crippen LogP contribution >= 0.6 is 23.2 Å². The van der Waals surface area contributed by atoms with Gasteiger partial charge in [0.05, 0.1) is 0 Å². The van der Waals surface area contributed by atoms with E-state index in [4.69, 9.17) is 28.9 Å². The molecule has 3 N–H and O–H groups in total. The molecule has 1 aromatic carbocycles. The van der Waals surface area contributed by atoms with Crippen LogP contribution in [0.1, 0.15) is 24.8 Å². The smallest absolute Gasteiger partial charge is 0.220 e. The van der Waals surface area contributed by atoms with Gasteiger partial charge in [-0.05, 0) is 43.5 Å². The van der Waals surface area contributed by atoms with E-state index in [1.165, 1.54) is 0 Å². The van der Waals surface area contributed by atoms with Gasteiger partial charge >= 0.3 is 0 Å². The summed E-state index contributed by atoms with van der Waals surface area (Å²) < 4.78 is 0. The van der Waals surface area contributed by atoms with Crippen molar-refractivity contribution in [2.24, 2.45) is 5.73 Å². The van der Waals surface area contributed by atoms with E-state index in [2.05, 4.69) is 5.32 Å². The summed E-state index contributed by atoms with van der Waals surface area (Å²) in [5, 5.41) is 4.17. The number of halogens is 2. The molecule has 1 amide bonds. The summed E-state index contributed by atoms with van der Waals surface area (Å²) in [6.45, 7) is 1.20. The lowest BCUT2D eigenvalue weighted by molar-refractivity contribution is -0.121. The summed E-state index contributed by atoms with van der Waals surface area (Å²) in [7, 11) is 0. The fraction of sp³-hybridized carbons (Fsp3) is 0.462. The van der Waals surface area contributed by atoms with E-state index in [1.807, 2.05) is 12.1 Å². The molecule has 3 nitrogen and oxygen atoms in total. The molecule has 0 atom stereocenters. The van der Waals surface area contributed by atoms with Crippen LogP contribution in [-0.2, 0) is 11.2 Å². The number of aryl methyl sites for hydroxylation is 1. The minimum Gasteiger partial charge on any atom is -0.356 e. The van der Waals surface area contributed by atoms with Crippen molar-refractivity contribution in [3.8, 4) is 0 Å². The predicted octanol–water partition coefficient (Wildman–Crippen LogP) is 2.78. The molecule has 1 rings (SSSR count). The van der Waals surface area contributed by atoms with E-state index in [9.17, 15) is 4.79 Å². The maximum absolute atomic E-state index is 11.3. The lowest BCUT2D eigenvalue weighted by Crippen LogP contribution is -2.25. The predicted molar refractivity (Wildman–Crippen MR) is 76.1 cm³/mol. The van der Waals surface area contributed by atoms with Gasteiger partial charge in [0, 0.05) is 23.0 Å². The highest BCUT2D eigenvalue weighted by atomic mass is 35.5. The number of hydrogen-bond acceptors (Lipinski definition) is 2. The summed E-state index contributed by atoms with van der Waals surface area (Å²) >= 11 is 11.9. The highest BCUT2D eigenvalue weighted by molar-refractivity contribution is 6.35. The van der Waals surface area contributed by atoms with Crippen LogP contribution in [-0.4, -0.2) is 19.0 Å². The summed E-state index contributed by atoms with van der Waals surface area (Å²) in [5.41, 5.74) is 6.38. The minimum atomic E-state index is 0.0580. The average molecular weight is 289 g/mol. The molecule has 0 aliphatic carbocycles. The van der Waals surface area contributed by atoms with Gasteiger partial charge in [-0.1, -0.05) is 29.3 Å². The Balaban J connectivity index is 2.23. The maximum Gasteiger partial charge on any atom is 0.220 e. The third-order valence-electron chi connectivity index (χ3n) is 2.57. The van der Waals surface area contributed by atoms with Crippen molar-refractivity contribution < 1.29 is 4.79 Å². The quantitative estimate of drug-likeness (QED) is 0.758. The lowest BCUT2D eigenvalue weighted by atomic mass is 10.1. The molecule has 0 aromatic heterocycles. The van der Waals surface area contributed by atoms with Crippen molar-refractivity contribution in [2.75, 3.05) is 13.1 Å². The monoisotopic (exact) mass is 288 g/mol. The molecule has 0 unspecified atom stereocenters. The zero-order valence-electron chi connectivity index (χ0n) is 10.2. The molecule has 0 heterocycles. The Kier molecular flexibility index (Phi) is 7.09. The number of nitrogens with one attached hydrogen (secondary N) is 1. The van der Waals surface area contributed by atoms with Crippen LogP contribution < -0.4 is 11.1 Å². The third kappa shape index (κ3) is 5.71. The molecule has 18 heavy (non-hydrogen) atoms. The third-order valence-corrected chi connectivity index (χ3v) is 3.16. The second-order valence-electron chi connectivity index (χ2n) is 4.08. The molecule has 0 saturated carbocycles. The number of hydrogen-bond donors (Lipinski definition) is 2. The topological polar surface area (TPSA) is 55.1 Å². The van der Waals surface area contributed by atoms with Gasteiger partial charge in [0.25, 0.3) is 0 Å². The van der Waals surface area contributed by atoms with E-state index < -0.39 is 0 Å². The number of amides is 1. The molecule has 0 fully saturated rings. The molecule has 0 aliphatic rings. The van der Waals surface area contributed by atoms with Gasteiger partial charge in [0.2, 0.25) is 5.91 Å². The van der Waals surface area contributed by atoms with Crippen molar-refractivity contribution in [3.63, 3.8) is 0 Å². The Labute approximate surface area is 118 Å². The zero-order chi connectivity index (χ0) is 13.4. The standard InChI is InChI=1S/C13H18Cl2N2O/c14-11-6-5-10(12(15)9-11)3-2-8-17-13(18)4-1-7-16/h5-6,9H,1-4,7-8,16H2,(H,17,18). The van der Waals surface area contributed by atoms with E-state index in [1.54, 1.807) is 6.07 Å². The molecule has 0 spiro atoms. The fourth-order valence-corrected chi connectivity index (χ4v) is 2.09. The molecular weight excluding hydrogens is 271 g/mol. The molecule has 0 aliphatic heterocycles. The van der Waals surface area contributed by atoms with Crippen molar-refractivity contribution in [1.82, 2.24) is 5.32 Å². The normalized spacial score (nSPS) is 10.4. The molecule has 0 saturated heterocycles. The maximum atomic E-state index is 11.3. The Hall–Kier alpha value is -0.770. The largest absolute Gasteiger partial charge is 0.356 e. The van der Waals surface area contributed by atoms with E-state index in [0.29, 0.717) is 29.6 Å². The number of carbonyl (C=O) groups is 1. The number of rotatable bonds is 7. The Morgan fingerprint density at radius 2 is 2.06 bits per heavy atom. The first-order valence-corrected chi connectivity index (χ1v) is 6.79. The van der Waals surface area contributed by atoms with Crippen molar-refractivity contribution in [3.05, 3.63) is 33.8 Å². The first-order valence-electron chi connectivity index (χ1n) is 6.04. The van der Waals surface area contributed by atoms with Crippen LogP contribution in [0.25, 0.3) is 0 Å². The van der Waals surface area contributed by atoms with Crippen molar-refractivity contribution >= 4 is 29.1 Å². The SMILES string of the molecule is NCCCC(=O)NCCCc1ccc(Cl)cc1Cl. The summed E-state index contributed by atoms with van der Waals surface area (Å²) in [6, 6.07) is 5.47. The first kappa shape index (κ1) is 15.3. The summed E-state index contributed by atoms with van der Waals surface area (Å²) in [6.07, 6.45) is 2.91. The van der Waals surface area contributed by atoms with Gasteiger partial charge in [-0.3, -0.25) is 4.79 Å². The highest BCUT2D eigenvalue weighted by Gasteiger charge is 2.02. The Morgan fingerprint density at radius 1 is 1.28 bits per heavy atom. The number of nitrogens with two attached hydrogens (primary N) is 1. The molecular formula is C13H18Cl2N2O. The lowest BCUT2D eigenvalue weighted by Gasteiger charge is -2.06. The molecule has 5 heteroatoms. The molecule has 0 bridgehead atoms. The van der Waals surface area contributed by atoms with Gasteiger partial charge < -0.3 is 11.1 Å². The van der Waals surface area contributed by atoms with Crippen LogP contribution in [0.4, 0.5) is 0 Å². The van der Waals surface area contributed by atoms with Crippen molar-refractivity contribution in [1.29, 1.82) is 0 Å². The highest BCUT2D eigenvalue weighted by Crippen LogP contribution is 2.21. The Morgan fingerprint density at radius 3 is 2.72 bits per heavy atom. The molecule has 100 valence electrons. The number of carbonyl (C=O) groups excluding carboxylic acids is 1. The van der Waals surface area contributed by atoms with Crippen LogP contribution in [0.3, 0.4) is 0 Å². The van der Waals surface area contributed by atoms with Gasteiger partial charge in [0.15, 0.2) is 0 Å². The van der Waals surface area contributed by atoms with Gasteiger partial charge in [-0.15, -0.1) is 0 Å².